The second kappa shape index (κ2) is 9.24. The Bertz CT molecular complexity index is 964. The highest BCUT2D eigenvalue weighted by Gasteiger charge is 2.14. The molecule has 0 bridgehead atoms. The number of esters is 1. The number of furan rings is 1. The van der Waals surface area contributed by atoms with E-state index in [4.69, 9.17) is 9.15 Å². The van der Waals surface area contributed by atoms with E-state index in [-0.39, 0.29) is 30.5 Å². The van der Waals surface area contributed by atoms with Crippen molar-refractivity contribution in [1.82, 2.24) is 9.97 Å². The number of nitrogens with one attached hydrogen (secondary N) is 2. The molecule has 0 atom stereocenters. The molecule has 0 fully saturated rings. The van der Waals surface area contributed by atoms with Crippen molar-refractivity contribution < 1.29 is 23.5 Å². The standard InChI is InChI=1S/C17H16N4O5S2/c1-2-25-14(23)7-11-9-27-16(19-11)20-13(22)6-10-8-28-17(18-10)21-15(24)12-4-3-5-26-12/h3-5,8-9H,2,6-7H2,1H3,(H,18,21,24)(H,19,20,22). The summed E-state index contributed by atoms with van der Waals surface area (Å²) in [6, 6.07) is 3.16. The Morgan fingerprint density at radius 1 is 1.07 bits per heavy atom. The maximum atomic E-state index is 12.2. The number of aromatic nitrogens is 2. The zero-order valence-electron chi connectivity index (χ0n) is 14.8. The Morgan fingerprint density at radius 3 is 2.39 bits per heavy atom. The molecule has 3 rings (SSSR count). The molecule has 3 heterocycles. The summed E-state index contributed by atoms with van der Waals surface area (Å²) in [4.78, 5) is 43.9. The van der Waals surface area contributed by atoms with Gasteiger partial charge in [-0.3, -0.25) is 19.7 Å². The van der Waals surface area contributed by atoms with Crippen LogP contribution in [-0.4, -0.2) is 34.4 Å². The van der Waals surface area contributed by atoms with Crippen molar-refractivity contribution in [3.8, 4) is 0 Å². The van der Waals surface area contributed by atoms with Crippen LogP contribution in [0.2, 0.25) is 0 Å². The molecular weight excluding hydrogens is 404 g/mol. The Kier molecular flexibility index (Phi) is 6.50. The number of hydrogen-bond donors (Lipinski definition) is 2. The van der Waals surface area contributed by atoms with Crippen molar-refractivity contribution in [2.24, 2.45) is 0 Å². The van der Waals surface area contributed by atoms with E-state index in [9.17, 15) is 14.4 Å². The summed E-state index contributed by atoms with van der Waals surface area (Å²) in [7, 11) is 0. The SMILES string of the molecule is CCOC(=O)Cc1csc(NC(=O)Cc2csc(NC(=O)c3ccco3)n2)n1. The zero-order valence-corrected chi connectivity index (χ0v) is 16.4. The smallest absolute Gasteiger partial charge is 0.311 e. The van der Waals surface area contributed by atoms with E-state index in [0.29, 0.717) is 28.3 Å². The molecule has 2 amide bonds. The van der Waals surface area contributed by atoms with Crippen molar-refractivity contribution >= 4 is 50.7 Å². The molecule has 0 saturated carbocycles. The van der Waals surface area contributed by atoms with Gasteiger partial charge in [0.25, 0.3) is 5.91 Å². The minimum Gasteiger partial charge on any atom is -0.466 e. The van der Waals surface area contributed by atoms with Gasteiger partial charge in [-0.2, -0.15) is 0 Å². The van der Waals surface area contributed by atoms with E-state index in [2.05, 4.69) is 20.6 Å². The van der Waals surface area contributed by atoms with Crippen LogP contribution in [0.3, 0.4) is 0 Å². The Hall–Kier alpha value is -3.05. The van der Waals surface area contributed by atoms with Gasteiger partial charge in [0, 0.05) is 10.8 Å². The first-order valence-corrected chi connectivity index (χ1v) is 9.98. The molecule has 0 spiro atoms. The van der Waals surface area contributed by atoms with E-state index >= 15 is 0 Å². The monoisotopic (exact) mass is 420 g/mol. The third-order valence-electron chi connectivity index (χ3n) is 3.29. The van der Waals surface area contributed by atoms with Gasteiger partial charge < -0.3 is 14.5 Å². The van der Waals surface area contributed by atoms with E-state index in [1.807, 2.05) is 0 Å². The second-order valence-electron chi connectivity index (χ2n) is 5.43. The summed E-state index contributed by atoms with van der Waals surface area (Å²) in [5, 5.41) is 9.42. The summed E-state index contributed by atoms with van der Waals surface area (Å²) in [5.74, 6) is -0.896. The molecule has 146 valence electrons. The molecule has 0 unspecified atom stereocenters. The van der Waals surface area contributed by atoms with Gasteiger partial charge >= 0.3 is 5.97 Å². The van der Waals surface area contributed by atoms with Gasteiger partial charge in [-0.25, -0.2) is 9.97 Å². The van der Waals surface area contributed by atoms with Crippen molar-refractivity contribution in [3.05, 3.63) is 46.3 Å². The summed E-state index contributed by atoms with van der Waals surface area (Å²) in [5.41, 5.74) is 1.05. The van der Waals surface area contributed by atoms with Crippen molar-refractivity contribution in [2.75, 3.05) is 17.2 Å². The summed E-state index contributed by atoms with van der Waals surface area (Å²) in [6.07, 6.45) is 1.49. The molecule has 0 aliphatic carbocycles. The number of anilines is 2. The number of thiazole rings is 2. The lowest BCUT2D eigenvalue weighted by atomic mass is 10.3. The predicted octanol–water partition coefficient (Wildman–Crippen LogP) is 2.73. The Labute approximate surface area is 167 Å². The fourth-order valence-corrected chi connectivity index (χ4v) is 3.58. The van der Waals surface area contributed by atoms with E-state index in [0.717, 1.165) is 0 Å². The number of carbonyl (C=O) groups is 3. The van der Waals surface area contributed by atoms with Gasteiger partial charge in [-0.05, 0) is 19.1 Å². The molecule has 28 heavy (non-hydrogen) atoms. The van der Waals surface area contributed by atoms with Gasteiger partial charge in [0.1, 0.15) is 0 Å². The van der Waals surface area contributed by atoms with Crippen LogP contribution < -0.4 is 10.6 Å². The molecule has 0 saturated heterocycles. The second-order valence-corrected chi connectivity index (χ2v) is 7.14. The number of rotatable bonds is 8. The molecule has 0 aliphatic heterocycles. The Morgan fingerprint density at radius 2 is 1.75 bits per heavy atom. The van der Waals surface area contributed by atoms with Gasteiger partial charge in [-0.1, -0.05) is 0 Å². The van der Waals surface area contributed by atoms with Crippen LogP contribution in [0.1, 0.15) is 28.9 Å². The fourth-order valence-electron chi connectivity index (χ4n) is 2.15. The van der Waals surface area contributed by atoms with Crippen molar-refractivity contribution in [2.45, 2.75) is 19.8 Å². The van der Waals surface area contributed by atoms with Gasteiger partial charge in [-0.15, -0.1) is 22.7 Å². The van der Waals surface area contributed by atoms with Crippen molar-refractivity contribution in [3.63, 3.8) is 0 Å². The first-order chi connectivity index (χ1) is 13.5. The van der Waals surface area contributed by atoms with Gasteiger partial charge in [0.2, 0.25) is 5.91 Å². The largest absolute Gasteiger partial charge is 0.466 e. The summed E-state index contributed by atoms with van der Waals surface area (Å²) in [6.45, 7) is 2.04. The molecular formula is C17H16N4O5S2. The lowest BCUT2D eigenvalue weighted by Gasteiger charge is -2.00. The normalized spacial score (nSPS) is 10.5. The Balaban J connectivity index is 1.50. The lowest BCUT2D eigenvalue weighted by Crippen LogP contribution is -2.15. The highest BCUT2D eigenvalue weighted by molar-refractivity contribution is 7.14. The summed E-state index contributed by atoms with van der Waals surface area (Å²) >= 11 is 2.43. The van der Waals surface area contributed by atoms with Crippen LogP contribution in [0.25, 0.3) is 0 Å². The van der Waals surface area contributed by atoms with E-state index < -0.39 is 5.91 Å². The average Bonchev–Trinajstić information content (AvgIpc) is 3.38. The van der Waals surface area contributed by atoms with Crippen molar-refractivity contribution in [1.29, 1.82) is 0 Å². The number of nitrogens with zero attached hydrogens (tertiary/aromatic N) is 2. The first kappa shape index (κ1) is 19.7. The van der Waals surface area contributed by atoms with Crippen LogP contribution in [0.5, 0.6) is 0 Å². The van der Waals surface area contributed by atoms with Crippen LogP contribution >= 0.6 is 22.7 Å². The van der Waals surface area contributed by atoms with Crippen LogP contribution in [0.15, 0.2) is 33.6 Å². The molecule has 9 nitrogen and oxygen atoms in total. The average molecular weight is 420 g/mol. The summed E-state index contributed by atoms with van der Waals surface area (Å²) < 4.78 is 9.87. The maximum Gasteiger partial charge on any atom is 0.311 e. The van der Waals surface area contributed by atoms with E-state index in [1.165, 1.54) is 28.9 Å². The molecule has 0 aromatic carbocycles. The lowest BCUT2D eigenvalue weighted by molar-refractivity contribution is -0.142. The molecule has 0 radical (unpaired) electrons. The topological polar surface area (TPSA) is 123 Å². The minimum atomic E-state index is -0.410. The highest BCUT2D eigenvalue weighted by atomic mass is 32.1. The van der Waals surface area contributed by atoms with Gasteiger partial charge in [0.05, 0.1) is 37.1 Å². The quantitative estimate of drug-likeness (QED) is 0.537. The number of ether oxygens (including phenoxy) is 1. The third-order valence-corrected chi connectivity index (χ3v) is 4.90. The van der Waals surface area contributed by atoms with Crippen LogP contribution in [-0.2, 0) is 27.2 Å². The van der Waals surface area contributed by atoms with Crippen LogP contribution in [0.4, 0.5) is 10.3 Å². The first-order valence-electron chi connectivity index (χ1n) is 8.22. The predicted molar refractivity (Wildman–Crippen MR) is 104 cm³/mol. The minimum absolute atomic E-state index is 0.0277. The van der Waals surface area contributed by atoms with Gasteiger partial charge in [0.15, 0.2) is 16.0 Å². The molecule has 3 aromatic heterocycles. The number of amides is 2. The fraction of sp³-hybridized carbons (Fsp3) is 0.235. The van der Waals surface area contributed by atoms with E-state index in [1.54, 1.807) is 29.8 Å². The third kappa shape index (κ3) is 5.47. The molecule has 0 aliphatic rings. The maximum absolute atomic E-state index is 12.2. The highest BCUT2D eigenvalue weighted by Crippen LogP contribution is 2.19. The number of hydrogen-bond acceptors (Lipinski definition) is 9. The van der Waals surface area contributed by atoms with Crippen LogP contribution in [0, 0.1) is 0 Å². The zero-order chi connectivity index (χ0) is 19.9. The molecule has 2 N–H and O–H groups in total. The number of carbonyl (C=O) groups excluding carboxylic acids is 3. The molecule has 3 aromatic rings. The molecule has 11 heteroatoms.